The van der Waals surface area contributed by atoms with Crippen LogP contribution in [0.2, 0.25) is 0 Å². The molecule has 3 nitrogen and oxygen atoms in total. The third-order valence-corrected chi connectivity index (χ3v) is 3.26. The van der Waals surface area contributed by atoms with Crippen molar-refractivity contribution in [2.24, 2.45) is 0 Å². The lowest BCUT2D eigenvalue weighted by Crippen LogP contribution is -2.15. The summed E-state index contributed by atoms with van der Waals surface area (Å²) >= 11 is 0. The van der Waals surface area contributed by atoms with Crippen molar-refractivity contribution in [3.05, 3.63) is 77.5 Å². The summed E-state index contributed by atoms with van der Waals surface area (Å²) < 4.78 is 27.3. The molecule has 0 spiro atoms. The molecule has 5 heteroatoms. The summed E-state index contributed by atoms with van der Waals surface area (Å²) in [5.74, 6) is -1.13. The highest BCUT2D eigenvalue weighted by Gasteiger charge is 2.16. The number of carbonyl (C=O) groups excluding carboxylic acids is 1. The zero-order valence-electron chi connectivity index (χ0n) is 11.8. The van der Waals surface area contributed by atoms with Gasteiger partial charge < -0.3 is 0 Å². The fourth-order valence-corrected chi connectivity index (χ4v) is 2.20. The van der Waals surface area contributed by atoms with E-state index in [-0.39, 0.29) is 11.7 Å². The Morgan fingerprint density at radius 3 is 2.09 bits per heavy atom. The molecule has 0 unspecified atom stereocenters. The molecule has 0 aliphatic heterocycles. The molecule has 0 fully saturated rings. The van der Waals surface area contributed by atoms with E-state index in [1.807, 2.05) is 0 Å². The van der Waals surface area contributed by atoms with Crippen molar-refractivity contribution < 1.29 is 13.6 Å². The average molecular weight is 298 g/mol. The van der Waals surface area contributed by atoms with Gasteiger partial charge in [0, 0.05) is 11.1 Å². The van der Waals surface area contributed by atoms with Crippen LogP contribution in [0.15, 0.2) is 54.6 Å². The van der Waals surface area contributed by atoms with Gasteiger partial charge in [0.2, 0.25) is 0 Å². The van der Waals surface area contributed by atoms with Gasteiger partial charge in [-0.1, -0.05) is 0 Å². The highest BCUT2D eigenvalue weighted by molar-refractivity contribution is 5.97. The Hall–Kier alpha value is -2.82. The van der Waals surface area contributed by atoms with Crippen LogP contribution in [0, 0.1) is 18.6 Å². The van der Waals surface area contributed by atoms with Crippen molar-refractivity contribution in [1.82, 2.24) is 9.78 Å². The maximum Gasteiger partial charge on any atom is 0.278 e. The highest BCUT2D eigenvalue weighted by Crippen LogP contribution is 2.22. The van der Waals surface area contributed by atoms with E-state index in [0.717, 1.165) is 0 Å². The molecule has 0 atom stereocenters. The summed E-state index contributed by atoms with van der Waals surface area (Å²) in [6.07, 6.45) is 0. The van der Waals surface area contributed by atoms with Crippen molar-refractivity contribution >= 4 is 5.91 Å². The van der Waals surface area contributed by atoms with Crippen LogP contribution in [0.3, 0.4) is 0 Å². The third kappa shape index (κ3) is 2.65. The van der Waals surface area contributed by atoms with Crippen LogP contribution < -0.4 is 0 Å². The van der Waals surface area contributed by atoms with Gasteiger partial charge in [0.25, 0.3) is 5.91 Å². The number of benzene rings is 2. The topological polar surface area (TPSA) is 34.9 Å². The Balaban J connectivity index is 2.06. The van der Waals surface area contributed by atoms with Gasteiger partial charge in [0.05, 0.1) is 11.4 Å². The van der Waals surface area contributed by atoms with Crippen molar-refractivity contribution in [3.8, 4) is 11.3 Å². The first kappa shape index (κ1) is 14.1. The quantitative estimate of drug-likeness (QED) is 0.721. The largest absolute Gasteiger partial charge is 0.278 e. The van der Waals surface area contributed by atoms with E-state index in [4.69, 9.17) is 0 Å². The maximum atomic E-state index is 13.0. The smallest absolute Gasteiger partial charge is 0.267 e. The molecule has 1 heterocycles. The number of nitrogens with zero attached hydrogens (tertiary/aromatic N) is 2. The molecule has 0 saturated carbocycles. The maximum absolute atomic E-state index is 13.0. The van der Waals surface area contributed by atoms with E-state index in [1.165, 1.54) is 41.1 Å². The van der Waals surface area contributed by atoms with Crippen molar-refractivity contribution in [2.75, 3.05) is 0 Å². The second-order valence-electron chi connectivity index (χ2n) is 4.90. The first-order valence-electron chi connectivity index (χ1n) is 6.67. The monoisotopic (exact) mass is 298 g/mol. The van der Waals surface area contributed by atoms with Crippen LogP contribution in [0.25, 0.3) is 11.3 Å². The standard InChI is InChI=1S/C17H12F2N2O/c1-11-10-16(12-2-6-14(18)7-3-12)21(20-11)17(22)13-4-8-15(19)9-5-13/h2-10H,1H3. The lowest BCUT2D eigenvalue weighted by molar-refractivity contribution is 0.0947. The second-order valence-corrected chi connectivity index (χ2v) is 4.90. The SMILES string of the molecule is Cc1cc(-c2ccc(F)cc2)n(C(=O)c2ccc(F)cc2)n1. The van der Waals surface area contributed by atoms with E-state index in [9.17, 15) is 13.6 Å². The van der Waals surface area contributed by atoms with E-state index in [0.29, 0.717) is 22.5 Å². The first-order chi connectivity index (χ1) is 10.5. The number of hydrogen-bond acceptors (Lipinski definition) is 2. The minimum Gasteiger partial charge on any atom is -0.267 e. The molecular weight excluding hydrogens is 286 g/mol. The zero-order valence-corrected chi connectivity index (χ0v) is 11.8. The van der Waals surface area contributed by atoms with Gasteiger partial charge in [-0.2, -0.15) is 9.78 Å². The minimum absolute atomic E-state index is 0.327. The number of hydrogen-bond donors (Lipinski definition) is 0. The number of aryl methyl sites for hydroxylation is 1. The number of rotatable bonds is 2. The Morgan fingerprint density at radius 2 is 1.50 bits per heavy atom. The summed E-state index contributed by atoms with van der Waals surface area (Å²) in [7, 11) is 0. The van der Waals surface area contributed by atoms with E-state index >= 15 is 0 Å². The Labute approximate surface area is 125 Å². The Bertz CT molecular complexity index is 821. The fraction of sp³-hybridized carbons (Fsp3) is 0.0588. The molecule has 0 radical (unpaired) electrons. The molecule has 0 aliphatic carbocycles. The van der Waals surface area contributed by atoms with Gasteiger partial charge in [0.15, 0.2) is 0 Å². The predicted molar refractivity (Wildman–Crippen MR) is 78.5 cm³/mol. The van der Waals surface area contributed by atoms with E-state index < -0.39 is 5.82 Å². The molecule has 0 saturated heterocycles. The molecular formula is C17H12F2N2O. The van der Waals surface area contributed by atoms with Crippen molar-refractivity contribution in [2.45, 2.75) is 6.92 Å². The van der Waals surface area contributed by atoms with Gasteiger partial charge in [-0.05, 0) is 61.5 Å². The first-order valence-corrected chi connectivity index (χ1v) is 6.67. The summed E-state index contributed by atoms with van der Waals surface area (Å²) in [5, 5.41) is 4.19. The summed E-state index contributed by atoms with van der Waals surface area (Å²) in [6, 6.07) is 12.8. The molecule has 110 valence electrons. The Morgan fingerprint density at radius 1 is 0.955 bits per heavy atom. The van der Waals surface area contributed by atoms with E-state index in [1.54, 1.807) is 25.1 Å². The molecule has 0 aliphatic rings. The molecule has 0 N–H and O–H groups in total. The van der Waals surface area contributed by atoms with Gasteiger partial charge in [-0.3, -0.25) is 4.79 Å². The molecule has 2 aromatic carbocycles. The molecule has 22 heavy (non-hydrogen) atoms. The number of aromatic nitrogens is 2. The van der Waals surface area contributed by atoms with Gasteiger partial charge in [0.1, 0.15) is 11.6 Å². The lowest BCUT2D eigenvalue weighted by Gasteiger charge is -2.06. The van der Waals surface area contributed by atoms with Crippen LogP contribution in [-0.2, 0) is 0 Å². The fourth-order valence-electron chi connectivity index (χ4n) is 2.20. The van der Waals surface area contributed by atoms with Gasteiger partial charge in [-0.25, -0.2) is 8.78 Å². The van der Waals surface area contributed by atoms with Crippen molar-refractivity contribution in [3.63, 3.8) is 0 Å². The zero-order chi connectivity index (χ0) is 15.7. The molecule has 1 aromatic heterocycles. The number of halogens is 2. The normalized spacial score (nSPS) is 10.7. The van der Waals surface area contributed by atoms with Crippen LogP contribution in [-0.4, -0.2) is 15.7 Å². The van der Waals surface area contributed by atoms with Crippen LogP contribution >= 0.6 is 0 Å². The third-order valence-electron chi connectivity index (χ3n) is 3.26. The molecule has 0 amide bonds. The average Bonchev–Trinajstić information content (AvgIpc) is 2.90. The summed E-state index contributed by atoms with van der Waals surface area (Å²) in [5.41, 5.74) is 2.23. The number of carbonyl (C=O) groups is 1. The molecule has 3 rings (SSSR count). The molecule has 3 aromatic rings. The minimum atomic E-state index is -0.410. The van der Waals surface area contributed by atoms with Gasteiger partial charge in [-0.15, -0.1) is 0 Å². The lowest BCUT2D eigenvalue weighted by atomic mass is 10.1. The predicted octanol–water partition coefficient (Wildman–Crippen LogP) is 3.83. The summed E-state index contributed by atoms with van der Waals surface area (Å²) in [6.45, 7) is 1.77. The summed E-state index contributed by atoms with van der Waals surface area (Å²) in [4.78, 5) is 12.5. The van der Waals surface area contributed by atoms with Gasteiger partial charge >= 0.3 is 0 Å². The van der Waals surface area contributed by atoms with Crippen molar-refractivity contribution in [1.29, 1.82) is 0 Å². The highest BCUT2D eigenvalue weighted by atomic mass is 19.1. The van der Waals surface area contributed by atoms with E-state index in [2.05, 4.69) is 5.10 Å². The van der Waals surface area contributed by atoms with Crippen LogP contribution in [0.4, 0.5) is 8.78 Å². The molecule has 0 bridgehead atoms. The second kappa shape index (κ2) is 5.52. The van der Waals surface area contributed by atoms with Crippen LogP contribution in [0.1, 0.15) is 16.1 Å². The Kier molecular flexibility index (Phi) is 3.55. The van der Waals surface area contributed by atoms with Crippen LogP contribution in [0.5, 0.6) is 0 Å².